The van der Waals surface area contributed by atoms with Crippen molar-refractivity contribution in [1.29, 1.82) is 0 Å². The van der Waals surface area contributed by atoms with Crippen molar-refractivity contribution in [2.75, 3.05) is 33.7 Å². The molecule has 112 valence electrons. The molecule has 0 aliphatic heterocycles. The first-order valence-corrected chi connectivity index (χ1v) is 6.74. The molecule has 0 amide bonds. The number of carbonyl (C=O) groups is 1. The number of likely N-dealkylation sites (N-methyl/N-ethyl adjacent to an activating group) is 1. The van der Waals surface area contributed by atoms with E-state index in [2.05, 4.69) is 0 Å². The minimum atomic E-state index is -0.857. The van der Waals surface area contributed by atoms with Crippen LogP contribution >= 0.6 is 0 Å². The number of carboxylic acid groups (broad SMARTS) is 1. The van der Waals surface area contributed by atoms with Gasteiger partial charge in [0.2, 0.25) is 0 Å². The lowest BCUT2D eigenvalue weighted by Crippen LogP contribution is -2.42. The maximum absolute atomic E-state index is 13.6. The Kier molecular flexibility index (Phi) is 6.61. The fraction of sp³-hybridized carbons (Fsp3) is 0.533. The van der Waals surface area contributed by atoms with Crippen LogP contribution < -0.4 is 0 Å². The van der Waals surface area contributed by atoms with Crippen molar-refractivity contribution in [2.45, 2.75) is 19.4 Å². The highest BCUT2D eigenvalue weighted by molar-refractivity contribution is 5.69. The summed E-state index contributed by atoms with van der Waals surface area (Å²) in [5.74, 6) is -1.09. The first kappa shape index (κ1) is 16.6. The van der Waals surface area contributed by atoms with Crippen LogP contribution in [0, 0.1) is 5.82 Å². The highest BCUT2D eigenvalue weighted by Gasteiger charge is 2.18. The van der Waals surface area contributed by atoms with Crippen molar-refractivity contribution in [3.63, 3.8) is 0 Å². The van der Waals surface area contributed by atoms with Crippen molar-refractivity contribution < 1.29 is 14.3 Å². The number of hydrogen-bond acceptors (Lipinski definition) is 3. The lowest BCUT2D eigenvalue weighted by atomic mass is 10.1. The Bertz CT molecular complexity index is 438. The molecule has 0 bridgehead atoms. The highest BCUT2D eigenvalue weighted by Crippen LogP contribution is 2.12. The summed E-state index contributed by atoms with van der Waals surface area (Å²) in [6, 6.07) is 6.61. The standard InChI is InChI=1S/C15H23FN2O2/c1-12(10-13-6-4-5-7-14(13)16)18(11-15(19)20)9-8-17(2)3/h4-7,12H,8-11H2,1-3H3,(H,19,20). The van der Waals surface area contributed by atoms with Crippen molar-refractivity contribution in [1.82, 2.24) is 9.80 Å². The van der Waals surface area contributed by atoms with Crippen molar-refractivity contribution in [3.8, 4) is 0 Å². The summed E-state index contributed by atoms with van der Waals surface area (Å²) in [5.41, 5.74) is 0.625. The minimum absolute atomic E-state index is 0.0243. The third-order valence-electron chi connectivity index (χ3n) is 3.27. The largest absolute Gasteiger partial charge is 0.480 e. The molecule has 1 rings (SSSR count). The molecule has 1 unspecified atom stereocenters. The molecule has 0 fully saturated rings. The summed E-state index contributed by atoms with van der Waals surface area (Å²) in [4.78, 5) is 14.8. The Hall–Kier alpha value is -1.46. The molecule has 0 saturated carbocycles. The predicted molar refractivity (Wildman–Crippen MR) is 77.3 cm³/mol. The number of benzene rings is 1. The van der Waals surface area contributed by atoms with Gasteiger partial charge in [-0.15, -0.1) is 0 Å². The van der Waals surface area contributed by atoms with Crippen molar-refractivity contribution >= 4 is 5.97 Å². The summed E-state index contributed by atoms with van der Waals surface area (Å²) < 4.78 is 13.6. The second-order valence-corrected chi connectivity index (χ2v) is 5.31. The zero-order chi connectivity index (χ0) is 15.1. The van der Waals surface area contributed by atoms with E-state index in [0.717, 1.165) is 6.54 Å². The second kappa shape index (κ2) is 7.97. The maximum atomic E-state index is 13.6. The molecule has 4 nitrogen and oxygen atoms in total. The quantitative estimate of drug-likeness (QED) is 0.788. The van der Waals surface area contributed by atoms with E-state index >= 15 is 0 Å². The zero-order valence-electron chi connectivity index (χ0n) is 12.3. The van der Waals surface area contributed by atoms with Gasteiger partial charge in [0.05, 0.1) is 6.54 Å². The van der Waals surface area contributed by atoms with Crippen LogP contribution in [-0.4, -0.2) is 60.6 Å². The molecule has 5 heteroatoms. The van der Waals surface area contributed by atoms with Gasteiger partial charge in [-0.05, 0) is 39.1 Å². The molecule has 1 aromatic carbocycles. The molecule has 0 aliphatic carbocycles. The average Bonchev–Trinajstić information content (AvgIpc) is 2.36. The third-order valence-corrected chi connectivity index (χ3v) is 3.27. The molecule has 1 N–H and O–H groups in total. The number of rotatable bonds is 8. The van der Waals surface area contributed by atoms with Gasteiger partial charge in [-0.25, -0.2) is 4.39 Å². The van der Waals surface area contributed by atoms with Gasteiger partial charge in [0, 0.05) is 19.1 Å². The van der Waals surface area contributed by atoms with E-state index in [1.54, 1.807) is 18.2 Å². The molecule has 0 spiro atoms. The molecule has 20 heavy (non-hydrogen) atoms. The van der Waals surface area contributed by atoms with Crippen LogP contribution in [0.4, 0.5) is 4.39 Å². The van der Waals surface area contributed by atoms with Crippen LogP contribution in [0.5, 0.6) is 0 Å². The Morgan fingerprint density at radius 3 is 2.50 bits per heavy atom. The number of halogens is 1. The fourth-order valence-corrected chi connectivity index (χ4v) is 2.07. The first-order chi connectivity index (χ1) is 9.40. The Morgan fingerprint density at radius 1 is 1.30 bits per heavy atom. The molecular weight excluding hydrogens is 259 g/mol. The van der Waals surface area contributed by atoms with Crippen LogP contribution in [0.15, 0.2) is 24.3 Å². The third kappa shape index (κ3) is 5.67. The van der Waals surface area contributed by atoms with Gasteiger partial charge in [-0.1, -0.05) is 18.2 Å². The van der Waals surface area contributed by atoms with Gasteiger partial charge in [-0.3, -0.25) is 9.69 Å². The van der Waals surface area contributed by atoms with Crippen LogP contribution in [-0.2, 0) is 11.2 Å². The first-order valence-electron chi connectivity index (χ1n) is 6.74. The molecule has 0 heterocycles. The van der Waals surface area contributed by atoms with Crippen LogP contribution in [0.25, 0.3) is 0 Å². The van der Waals surface area contributed by atoms with Gasteiger partial charge in [-0.2, -0.15) is 0 Å². The van der Waals surface area contributed by atoms with Gasteiger partial charge in [0.1, 0.15) is 5.82 Å². The average molecular weight is 282 g/mol. The van der Waals surface area contributed by atoms with E-state index in [1.165, 1.54) is 6.07 Å². The van der Waals surface area contributed by atoms with Gasteiger partial charge in [0.25, 0.3) is 0 Å². The summed E-state index contributed by atoms with van der Waals surface area (Å²) in [5, 5.41) is 8.99. The normalized spacial score (nSPS) is 12.9. The van der Waals surface area contributed by atoms with E-state index < -0.39 is 5.97 Å². The van der Waals surface area contributed by atoms with E-state index in [4.69, 9.17) is 5.11 Å². The SMILES string of the molecule is CC(Cc1ccccc1F)N(CCN(C)C)CC(=O)O. The molecule has 1 aromatic rings. The molecule has 0 aliphatic rings. The predicted octanol–water partition coefficient (Wildman–Crippen LogP) is 1.70. The molecule has 0 radical (unpaired) electrons. The fourth-order valence-electron chi connectivity index (χ4n) is 2.07. The van der Waals surface area contributed by atoms with Crippen LogP contribution in [0.2, 0.25) is 0 Å². The van der Waals surface area contributed by atoms with E-state index in [9.17, 15) is 9.18 Å². The second-order valence-electron chi connectivity index (χ2n) is 5.31. The smallest absolute Gasteiger partial charge is 0.317 e. The van der Waals surface area contributed by atoms with E-state index in [1.807, 2.05) is 30.8 Å². The number of hydrogen-bond donors (Lipinski definition) is 1. The maximum Gasteiger partial charge on any atom is 0.317 e. The summed E-state index contributed by atoms with van der Waals surface area (Å²) in [6.07, 6.45) is 0.507. The minimum Gasteiger partial charge on any atom is -0.480 e. The molecule has 0 saturated heterocycles. The topological polar surface area (TPSA) is 43.8 Å². The molecule has 1 atom stereocenters. The number of aliphatic carboxylic acids is 1. The summed E-state index contributed by atoms with van der Waals surface area (Å²) in [6.45, 7) is 3.33. The van der Waals surface area contributed by atoms with Gasteiger partial charge >= 0.3 is 5.97 Å². The molecule has 0 aromatic heterocycles. The lowest BCUT2D eigenvalue weighted by molar-refractivity contribution is -0.138. The van der Waals surface area contributed by atoms with Crippen LogP contribution in [0.3, 0.4) is 0 Å². The van der Waals surface area contributed by atoms with E-state index in [0.29, 0.717) is 18.5 Å². The van der Waals surface area contributed by atoms with Gasteiger partial charge < -0.3 is 10.0 Å². The van der Waals surface area contributed by atoms with Crippen molar-refractivity contribution in [3.05, 3.63) is 35.6 Å². The molecular formula is C15H23FN2O2. The zero-order valence-corrected chi connectivity index (χ0v) is 12.3. The number of nitrogens with zero attached hydrogens (tertiary/aromatic N) is 2. The van der Waals surface area contributed by atoms with Gasteiger partial charge in [0.15, 0.2) is 0 Å². The summed E-state index contributed by atoms with van der Waals surface area (Å²) >= 11 is 0. The van der Waals surface area contributed by atoms with Crippen LogP contribution in [0.1, 0.15) is 12.5 Å². The summed E-state index contributed by atoms with van der Waals surface area (Å²) in [7, 11) is 3.89. The monoisotopic (exact) mass is 282 g/mol. The Labute approximate surface area is 119 Å². The lowest BCUT2D eigenvalue weighted by Gasteiger charge is -2.28. The Balaban J connectivity index is 2.69. The van der Waals surface area contributed by atoms with Crippen molar-refractivity contribution in [2.24, 2.45) is 0 Å². The van der Waals surface area contributed by atoms with E-state index in [-0.39, 0.29) is 18.4 Å². The Morgan fingerprint density at radius 2 is 1.95 bits per heavy atom. The number of carboxylic acids is 1. The highest BCUT2D eigenvalue weighted by atomic mass is 19.1.